The molecule has 0 radical (unpaired) electrons. The second kappa shape index (κ2) is 7.79. The molecule has 1 saturated heterocycles. The van der Waals surface area contributed by atoms with Gasteiger partial charge >= 0.3 is 0 Å². The van der Waals surface area contributed by atoms with Crippen molar-refractivity contribution in [1.82, 2.24) is 4.90 Å². The average Bonchev–Trinajstić information content (AvgIpc) is 3.01. The third kappa shape index (κ3) is 4.20. The van der Waals surface area contributed by atoms with E-state index in [0.29, 0.717) is 13.0 Å². The fraction of sp³-hybridized carbons (Fsp3) is 0.409. The van der Waals surface area contributed by atoms with Crippen LogP contribution in [-0.4, -0.2) is 42.1 Å². The Labute approximate surface area is 160 Å². The summed E-state index contributed by atoms with van der Waals surface area (Å²) < 4.78 is 18.9. The van der Waals surface area contributed by atoms with E-state index in [1.54, 1.807) is 27.0 Å². The molecule has 3 rings (SSSR count). The van der Waals surface area contributed by atoms with Crippen molar-refractivity contribution >= 4 is 5.91 Å². The number of ether oxygens (including phenoxy) is 1. The normalized spacial score (nSPS) is 20.1. The number of hydrogen-bond acceptors (Lipinski definition) is 3. The zero-order chi connectivity index (χ0) is 19.6. The Morgan fingerprint density at radius 1 is 1.22 bits per heavy atom. The number of halogens is 1. The van der Waals surface area contributed by atoms with Crippen molar-refractivity contribution in [3.8, 4) is 11.1 Å². The van der Waals surface area contributed by atoms with Gasteiger partial charge in [0.2, 0.25) is 0 Å². The van der Waals surface area contributed by atoms with E-state index in [1.165, 1.54) is 12.1 Å². The predicted molar refractivity (Wildman–Crippen MR) is 105 cm³/mol. The Kier molecular flexibility index (Phi) is 5.63. The van der Waals surface area contributed by atoms with Crippen LogP contribution in [0.4, 0.5) is 4.39 Å². The van der Waals surface area contributed by atoms with Crippen LogP contribution in [0, 0.1) is 5.82 Å². The van der Waals surface area contributed by atoms with Gasteiger partial charge in [0.05, 0.1) is 6.04 Å². The average molecular weight is 370 g/mol. The van der Waals surface area contributed by atoms with Crippen LogP contribution in [0.3, 0.4) is 0 Å². The SMILES string of the molecule is COC(C)(C)C(=O)N1CCC(N)C1Cc1cccc(-c2cccc(F)c2)c1. The third-order valence-electron chi connectivity index (χ3n) is 5.41. The Morgan fingerprint density at radius 3 is 2.56 bits per heavy atom. The number of carbonyl (C=O) groups excluding carboxylic acids is 1. The van der Waals surface area contributed by atoms with Crippen molar-refractivity contribution < 1.29 is 13.9 Å². The van der Waals surface area contributed by atoms with Crippen molar-refractivity contribution in [2.75, 3.05) is 13.7 Å². The van der Waals surface area contributed by atoms with Gasteiger partial charge in [0.15, 0.2) is 0 Å². The van der Waals surface area contributed by atoms with Crippen molar-refractivity contribution in [2.45, 2.75) is 44.4 Å². The molecular weight excluding hydrogens is 343 g/mol. The number of nitrogens with zero attached hydrogens (tertiary/aromatic N) is 1. The summed E-state index contributed by atoms with van der Waals surface area (Å²) in [6.07, 6.45) is 1.44. The van der Waals surface area contributed by atoms with Crippen LogP contribution in [0.25, 0.3) is 11.1 Å². The van der Waals surface area contributed by atoms with Gasteiger partial charge in [-0.05, 0) is 55.5 Å². The highest BCUT2D eigenvalue weighted by molar-refractivity contribution is 5.85. The molecule has 1 heterocycles. The van der Waals surface area contributed by atoms with Crippen molar-refractivity contribution in [3.63, 3.8) is 0 Å². The second-order valence-electron chi connectivity index (χ2n) is 7.65. The fourth-order valence-electron chi connectivity index (χ4n) is 3.61. The quantitative estimate of drug-likeness (QED) is 0.878. The fourth-order valence-corrected chi connectivity index (χ4v) is 3.61. The molecule has 1 aliphatic heterocycles. The Balaban J connectivity index is 1.83. The predicted octanol–water partition coefficient (Wildman–Crippen LogP) is 3.39. The molecule has 2 unspecified atom stereocenters. The van der Waals surface area contributed by atoms with Crippen LogP contribution in [0.2, 0.25) is 0 Å². The molecule has 1 fully saturated rings. The maximum absolute atomic E-state index is 13.5. The number of likely N-dealkylation sites (tertiary alicyclic amines) is 1. The smallest absolute Gasteiger partial charge is 0.254 e. The first kappa shape index (κ1) is 19.5. The molecule has 0 aromatic heterocycles. The van der Waals surface area contributed by atoms with Gasteiger partial charge in [-0.2, -0.15) is 0 Å². The molecule has 2 aromatic rings. The van der Waals surface area contributed by atoms with Crippen LogP contribution in [0.15, 0.2) is 48.5 Å². The maximum Gasteiger partial charge on any atom is 0.254 e. The molecule has 144 valence electrons. The van der Waals surface area contributed by atoms with Gasteiger partial charge < -0.3 is 15.4 Å². The van der Waals surface area contributed by atoms with E-state index in [-0.39, 0.29) is 23.8 Å². The highest BCUT2D eigenvalue weighted by atomic mass is 19.1. The number of methoxy groups -OCH3 is 1. The number of benzene rings is 2. The van der Waals surface area contributed by atoms with Crippen LogP contribution in [0.5, 0.6) is 0 Å². The lowest BCUT2D eigenvalue weighted by molar-refractivity contribution is -0.152. The van der Waals surface area contributed by atoms with Crippen LogP contribution in [0.1, 0.15) is 25.8 Å². The Bertz CT molecular complexity index is 821. The summed E-state index contributed by atoms with van der Waals surface area (Å²) in [5, 5.41) is 0. The standard InChI is InChI=1S/C22H27FN2O2/c1-22(2,27-3)21(26)25-11-10-19(24)20(25)13-15-6-4-7-16(12-15)17-8-5-9-18(23)14-17/h4-9,12,14,19-20H,10-11,13,24H2,1-3H3. The summed E-state index contributed by atoms with van der Waals surface area (Å²) >= 11 is 0. The van der Waals surface area contributed by atoms with E-state index < -0.39 is 5.60 Å². The van der Waals surface area contributed by atoms with Gasteiger partial charge in [0.1, 0.15) is 11.4 Å². The van der Waals surface area contributed by atoms with Gasteiger partial charge in [-0.15, -0.1) is 0 Å². The molecule has 0 aliphatic carbocycles. The minimum absolute atomic E-state index is 0.0377. The second-order valence-corrected chi connectivity index (χ2v) is 7.65. The largest absolute Gasteiger partial charge is 0.369 e. The lowest BCUT2D eigenvalue weighted by Gasteiger charge is -2.33. The van der Waals surface area contributed by atoms with Gasteiger partial charge in [-0.25, -0.2) is 4.39 Å². The first-order valence-electron chi connectivity index (χ1n) is 9.28. The lowest BCUT2D eigenvalue weighted by Crippen LogP contribution is -2.51. The first-order valence-corrected chi connectivity index (χ1v) is 9.28. The van der Waals surface area contributed by atoms with E-state index >= 15 is 0 Å². The molecule has 2 N–H and O–H groups in total. The van der Waals surface area contributed by atoms with E-state index in [2.05, 4.69) is 0 Å². The molecule has 0 spiro atoms. The Hall–Kier alpha value is -2.24. The number of carbonyl (C=O) groups is 1. The molecule has 0 saturated carbocycles. The molecule has 2 atom stereocenters. The third-order valence-corrected chi connectivity index (χ3v) is 5.41. The van der Waals surface area contributed by atoms with Crippen LogP contribution in [-0.2, 0) is 16.0 Å². The molecule has 1 amide bonds. The highest BCUT2D eigenvalue weighted by Crippen LogP contribution is 2.27. The molecule has 0 bridgehead atoms. The van der Waals surface area contributed by atoms with E-state index in [1.807, 2.05) is 35.2 Å². The maximum atomic E-state index is 13.5. The zero-order valence-electron chi connectivity index (χ0n) is 16.1. The molecule has 1 aliphatic rings. The van der Waals surface area contributed by atoms with Crippen LogP contribution >= 0.6 is 0 Å². The Morgan fingerprint density at radius 2 is 1.89 bits per heavy atom. The number of amides is 1. The van der Waals surface area contributed by atoms with Gasteiger partial charge in [-0.1, -0.05) is 36.4 Å². The van der Waals surface area contributed by atoms with E-state index in [4.69, 9.17) is 10.5 Å². The molecule has 27 heavy (non-hydrogen) atoms. The van der Waals surface area contributed by atoms with Crippen molar-refractivity contribution in [1.29, 1.82) is 0 Å². The molecule has 5 heteroatoms. The van der Waals surface area contributed by atoms with Crippen molar-refractivity contribution in [2.24, 2.45) is 5.73 Å². The molecule has 2 aromatic carbocycles. The zero-order valence-corrected chi connectivity index (χ0v) is 16.1. The summed E-state index contributed by atoms with van der Waals surface area (Å²) in [6.45, 7) is 4.20. The van der Waals surface area contributed by atoms with Crippen LogP contribution < -0.4 is 5.73 Å². The topological polar surface area (TPSA) is 55.6 Å². The minimum Gasteiger partial charge on any atom is -0.369 e. The molecular formula is C22H27FN2O2. The summed E-state index contributed by atoms with van der Waals surface area (Å²) in [5.41, 5.74) is 8.32. The number of rotatable bonds is 5. The summed E-state index contributed by atoms with van der Waals surface area (Å²) in [7, 11) is 1.55. The minimum atomic E-state index is -0.869. The highest BCUT2D eigenvalue weighted by Gasteiger charge is 2.41. The van der Waals surface area contributed by atoms with Gasteiger partial charge in [0.25, 0.3) is 5.91 Å². The van der Waals surface area contributed by atoms with E-state index in [9.17, 15) is 9.18 Å². The first-order chi connectivity index (χ1) is 12.8. The number of nitrogens with two attached hydrogens (primary N) is 1. The van der Waals surface area contributed by atoms with E-state index in [0.717, 1.165) is 23.1 Å². The number of hydrogen-bond donors (Lipinski definition) is 1. The van der Waals surface area contributed by atoms with Crippen molar-refractivity contribution in [3.05, 3.63) is 59.9 Å². The van der Waals surface area contributed by atoms with Gasteiger partial charge in [0, 0.05) is 19.7 Å². The summed E-state index contributed by atoms with van der Waals surface area (Å²) in [5.74, 6) is -0.293. The van der Waals surface area contributed by atoms with Gasteiger partial charge in [-0.3, -0.25) is 4.79 Å². The monoisotopic (exact) mass is 370 g/mol. The summed E-state index contributed by atoms with van der Waals surface area (Å²) in [6, 6.07) is 14.4. The molecule has 4 nitrogen and oxygen atoms in total. The summed E-state index contributed by atoms with van der Waals surface area (Å²) in [4.78, 5) is 14.7. The lowest BCUT2D eigenvalue weighted by atomic mass is 9.96.